The Balaban J connectivity index is 1.76. The van der Waals surface area contributed by atoms with Crippen molar-refractivity contribution < 1.29 is 22.7 Å². The summed E-state index contributed by atoms with van der Waals surface area (Å²) in [6.07, 6.45) is 1.58. The van der Waals surface area contributed by atoms with Crippen molar-refractivity contribution in [2.24, 2.45) is 0 Å². The Kier molecular flexibility index (Phi) is 5.38. The molecule has 1 aliphatic rings. The number of carbonyl (C=O) groups is 1. The maximum Gasteiger partial charge on any atom is 0.307 e. The molecule has 0 saturated carbocycles. The van der Waals surface area contributed by atoms with Gasteiger partial charge >= 0.3 is 5.97 Å². The van der Waals surface area contributed by atoms with Crippen molar-refractivity contribution in [3.8, 4) is 0 Å². The predicted octanol–water partition coefficient (Wildman–Crippen LogP) is 3.02. The second-order valence-electron chi connectivity index (χ2n) is 6.47. The Morgan fingerprint density at radius 2 is 1.77 bits per heavy atom. The van der Waals surface area contributed by atoms with Crippen LogP contribution in [0.3, 0.4) is 0 Å². The van der Waals surface area contributed by atoms with Crippen molar-refractivity contribution >= 4 is 16.0 Å². The zero-order valence-corrected chi connectivity index (χ0v) is 15.0. The fraction of sp³-hybridized carbons (Fsp3) is 0.316. The van der Waals surface area contributed by atoms with Gasteiger partial charge in [-0.1, -0.05) is 24.3 Å². The van der Waals surface area contributed by atoms with E-state index in [1.807, 2.05) is 12.1 Å². The van der Waals surface area contributed by atoms with Crippen LogP contribution in [0.2, 0.25) is 0 Å². The van der Waals surface area contributed by atoms with E-state index in [9.17, 15) is 17.6 Å². The lowest BCUT2D eigenvalue weighted by Crippen LogP contribution is -2.39. The van der Waals surface area contributed by atoms with Crippen molar-refractivity contribution in [2.45, 2.75) is 30.1 Å². The molecule has 5 nitrogen and oxygen atoms in total. The molecule has 0 aliphatic carbocycles. The highest BCUT2D eigenvalue weighted by Crippen LogP contribution is 2.30. The number of aliphatic carboxylic acids is 1. The van der Waals surface area contributed by atoms with Crippen LogP contribution < -0.4 is 0 Å². The topological polar surface area (TPSA) is 74.7 Å². The molecule has 2 aromatic carbocycles. The molecular formula is C19H20FNO4S. The monoisotopic (exact) mass is 377 g/mol. The minimum Gasteiger partial charge on any atom is -0.481 e. The molecule has 1 saturated heterocycles. The third-order valence-electron chi connectivity index (χ3n) is 4.64. The molecule has 26 heavy (non-hydrogen) atoms. The molecule has 0 aromatic heterocycles. The van der Waals surface area contributed by atoms with E-state index >= 15 is 0 Å². The predicted molar refractivity (Wildman–Crippen MR) is 94.9 cm³/mol. The number of piperidine rings is 1. The van der Waals surface area contributed by atoms with Crippen molar-refractivity contribution in [1.29, 1.82) is 0 Å². The minimum absolute atomic E-state index is 0.0317. The third-order valence-corrected chi connectivity index (χ3v) is 6.52. The van der Waals surface area contributed by atoms with Crippen LogP contribution in [0.25, 0.3) is 0 Å². The Morgan fingerprint density at radius 1 is 1.12 bits per heavy atom. The molecule has 1 N–H and O–H groups in total. The summed E-state index contributed by atoms with van der Waals surface area (Å²) in [4.78, 5) is 10.9. The number of hydrogen-bond donors (Lipinski definition) is 1. The van der Waals surface area contributed by atoms with Gasteiger partial charge in [-0.05, 0) is 54.2 Å². The number of sulfonamides is 1. The van der Waals surface area contributed by atoms with Crippen LogP contribution in [-0.2, 0) is 21.2 Å². The van der Waals surface area contributed by atoms with Crippen molar-refractivity contribution in [2.75, 3.05) is 13.1 Å². The summed E-state index contributed by atoms with van der Waals surface area (Å²) in [5.74, 6) is -1.30. The maximum absolute atomic E-state index is 13.1. The van der Waals surface area contributed by atoms with Crippen LogP contribution >= 0.6 is 0 Å². The summed E-state index contributed by atoms with van der Waals surface area (Å²) in [6.45, 7) is 0.797. The van der Waals surface area contributed by atoms with E-state index in [1.165, 1.54) is 16.4 Å². The second kappa shape index (κ2) is 7.55. The van der Waals surface area contributed by atoms with Crippen molar-refractivity contribution in [3.05, 3.63) is 65.5 Å². The third kappa shape index (κ3) is 4.11. The highest BCUT2D eigenvalue weighted by atomic mass is 32.2. The molecule has 1 fully saturated rings. The molecule has 1 aliphatic heterocycles. The van der Waals surface area contributed by atoms with Crippen LogP contribution in [0, 0.1) is 5.82 Å². The molecular weight excluding hydrogens is 357 g/mol. The average Bonchev–Trinajstić information content (AvgIpc) is 2.62. The van der Waals surface area contributed by atoms with Gasteiger partial charge in [-0.3, -0.25) is 4.79 Å². The normalized spacial score (nSPS) is 18.6. The van der Waals surface area contributed by atoms with Crippen LogP contribution in [0.15, 0.2) is 53.4 Å². The Bertz CT molecular complexity index is 879. The summed E-state index contributed by atoms with van der Waals surface area (Å²) in [5.41, 5.74) is 1.71. The van der Waals surface area contributed by atoms with Crippen LogP contribution in [0.4, 0.5) is 4.39 Å². The summed E-state index contributed by atoms with van der Waals surface area (Å²) >= 11 is 0. The van der Waals surface area contributed by atoms with Crippen LogP contribution in [-0.4, -0.2) is 36.9 Å². The summed E-state index contributed by atoms with van der Waals surface area (Å²) < 4.78 is 40.1. The van der Waals surface area contributed by atoms with Gasteiger partial charge in [-0.15, -0.1) is 0 Å². The van der Waals surface area contributed by atoms with E-state index in [0.717, 1.165) is 30.5 Å². The van der Waals surface area contributed by atoms with Gasteiger partial charge < -0.3 is 5.11 Å². The van der Waals surface area contributed by atoms with Gasteiger partial charge in [0.15, 0.2) is 0 Å². The lowest BCUT2D eigenvalue weighted by molar-refractivity contribution is -0.136. The van der Waals surface area contributed by atoms with Gasteiger partial charge in [-0.25, -0.2) is 12.8 Å². The number of carboxylic acids is 1. The first-order valence-corrected chi connectivity index (χ1v) is 9.86. The van der Waals surface area contributed by atoms with Gasteiger partial charge in [-0.2, -0.15) is 4.31 Å². The first-order valence-electron chi connectivity index (χ1n) is 8.42. The number of benzene rings is 2. The molecule has 3 rings (SSSR count). The first kappa shape index (κ1) is 18.5. The van der Waals surface area contributed by atoms with Gasteiger partial charge in [0, 0.05) is 13.1 Å². The van der Waals surface area contributed by atoms with Crippen LogP contribution in [0.1, 0.15) is 29.9 Å². The highest BCUT2D eigenvalue weighted by Gasteiger charge is 2.30. The molecule has 7 heteroatoms. The van der Waals surface area contributed by atoms with Crippen molar-refractivity contribution in [3.63, 3.8) is 0 Å². The average molecular weight is 377 g/mol. The Hall–Kier alpha value is -2.25. The second-order valence-corrected chi connectivity index (χ2v) is 8.41. The van der Waals surface area contributed by atoms with Gasteiger partial charge in [0.25, 0.3) is 0 Å². The van der Waals surface area contributed by atoms with E-state index in [4.69, 9.17) is 5.11 Å². The van der Waals surface area contributed by atoms with E-state index in [-0.39, 0.29) is 17.2 Å². The molecule has 0 bridgehead atoms. The Labute approximate surface area is 152 Å². The lowest BCUT2D eigenvalue weighted by Gasteiger charge is -2.32. The molecule has 1 heterocycles. The fourth-order valence-corrected chi connectivity index (χ4v) is 4.79. The fourth-order valence-electron chi connectivity index (χ4n) is 3.27. The van der Waals surface area contributed by atoms with Gasteiger partial charge in [0.1, 0.15) is 5.82 Å². The number of halogens is 1. The van der Waals surface area contributed by atoms with E-state index in [1.54, 1.807) is 12.1 Å². The molecule has 138 valence electrons. The zero-order chi connectivity index (χ0) is 18.7. The summed E-state index contributed by atoms with van der Waals surface area (Å²) in [6, 6.07) is 12.2. The van der Waals surface area contributed by atoms with Gasteiger partial charge in [0.2, 0.25) is 10.0 Å². The largest absolute Gasteiger partial charge is 0.481 e. The number of hydrogen-bond acceptors (Lipinski definition) is 3. The summed E-state index contributed by atoms with van der Waals surface area (Å²) in [5, 5.41) is 8.84. The van der Waals surface area contributed by atoms with Crippen molar-refractivity contribution in [1.82, 2.24) is 4.31 Å². The van der Waals surface area contributed by atoms with E-state index in [2.05, 4.69) is 0 Å². The molecule has 0 spiro atoms. The molecule has 0 radical (unpaired) electrons. The highest BCUT2D eigenvalue weighted by molar-refractivity contribution is 7.89. The smallest absolute Gasteiger partial charge is 0.307 e. The SMILES string of the molecule is O=C(O)Cc1ccc(C2CCCN(S(=O)(=O)c3ccc(F)cc3)C2)cc1. The van der Waals surface area contributed by atoms with Crippen LogP contribution in [0.5, 0.6) is 0 Å². The molecule has 2 aromatic rings. The molecule has 0 amide bonds. The van der Waals surface area contributed by atoms with E-state index < -0.39 is 21.8 Å². The number of nitrogens with zero attached hydrogens (tertiary/aromatic N) is 1. The lowest BCUT2D eigenvalue weighted by atomic mass is 9.91. The maximum atomic E-state index is 13.1. The van der Waals surface area contributed by atoms with E-state index in [0.29, 0.717) is 18.7 Å². The number of carboxylic acid groups (broad SMARTS) is 1. The standard InChI is InChI=1S/C19H20FNO4S/c20-17-7-9-18(10-8-17)26(24,25)21-11-1-2-16(13-21)15-5-3-14(4-6-15)12-19(22)23/h3-10,16H,1-2,11-13H2,(H,22,23). The van der Waals surface area contributed by atoms with Gasteiger partial charge in [0.05, 0.1) is 11.3 Å². The quantitative estimate of drug-likeness (QED) is 0.869. The number of rotatable bonds is 5. The zero-order valence-electron chi connectivity index (χ0n) is 14.1. The minimum atomic E-state index is -3.65. The molecule has 1 atom stereocenters. The first-order chi connectivity index (χ1) is 12.4. The molecule has 1 unspecified atom stereocenters. The Morgan fingerprint density at radius 3 is 2.38 bits per heavy atom. The summed E-state index contributed by atoms with van der Waals surface area (Å²) in [7, 11) is -3.65.